The lowest BCUT2D eigenvalue weighted by Gasteiger charge is -2.44. The maximum Gasteiger partial charge on any atom is 0.203 e. The molecule has 0 aliphatic carbocycles. The van der Waals surface area contributed by atoms with Gasteiger partial charge in [0.15, 0.2) is 11.5 Å². The molecule has 24 heavy (non-hydrogen) atoms. The fourth-order valence-electron chi connectivity index (χ4n) is 3.48. The van der Waals surface area contributed by atoms with Gasteiger partial charge in [0.25, 0.3) is 0 Å². The quantitative estimate of drug-likeness (QED) is 0.789. The molecule has 0 bridgehead atoms. The van der Waals surface area contributed by atoms with Gasteiger partial charge in [0.2, 0.25) is 5.75 Å². The third kappa shape index (κ3) is 3.61. The van der Waals surface area contributed by atoms with Crippen molar-refractivity contribution in [3.63, 3.8) is 0 Å². The van der Waals surface area contributed by atoms with Crippen molar-refractivity contribution in [2.24, 2.45) is 5.41 Å². The van der Waals surface area contributed by atoms with E-state index >= 15 is 0 Å². The molecule has 6 nitrogen and oxygen atoms in total. The van der Waals surface area contributed by atoms with Gasteiger partial charge < -0.3 is 24.6 Å². The van der Waals surface area contributed by atoms with Gasteiger partial charge in [-0.3, -0.25) is 4.90 Å². The largest absolute Gasteiger partial charge is 0.493 e. The molecule has 1 aromatic carbocycles. The van der Waals surface area contributed by atoms with Crippen molar-refractivity contribution in [1.82, 2.24) is 10.2 Å². The Labute approximate surface area is 144 Å². The first kappa shape index (κ1) is 18.8. The molecule has 1 fully saturated rings. The molecule has 0 radical (unpaired) electrons. The van der Waals surface area contributed by atoms with Crippen molar-refractivity contribution >= 4 is 0 Å². The molecule has 2 N–H and O–H groups in total. The van der Waals surface area contributed by atoms with Crippen LogP contribution in [0.2, 0.25) is 0 Å². The summed E-state index contributed by atoms with van der Waals surface area (Å²) in [6, 6.07) is 3.93. The molecule has 1 atom stereocenters. The standard InChI is InChI=1S/C18H30N2O4/c1-18(2,12-21)17(20-10-8-19-9-11-20)13-6-7-14(22-3)16(24-5)15(13)23-4/h6-7,17,19,21H,8-12H2,1-5H3/t17-/m1/s1. The highest BCUT2D eigenvalue weighted by molar-refractivity contribution is 5.57. The molecular formula is C18H30N2O4. The van der Waals surface area contributed by atoms with Crippen LogP contribution in [0.1, 0.15) is 25.5 Å². The van der Waals surface area contributed by atoms with Crippen molar-refractivity contribution in [2.45, 2.75) is 19.9 Å². The van der Waals surface area contributed by atoms with Crippen LogP contribution in [0.15, 0.2) is 12.1 Å². The average molecular weight is 338 g/mol. The number of hydrogen-bond donors (Lipinski definition) is 2. The second-order valence-electron chi connectivity index (χ2n) is 6.76. The van der Waals surface area contributed by atoms with Crippen LogP contribution in [-0.4, -0.2) is 64.1 Å². The third-order valence-electron chi connectivity index (χ3n) is 4.69. The van der Waals surface area contributed by atoms with E-state index in [9.17, 15) is 5.11 Å². The van der Waals surface area contributed by atoms with Gasteiger partial charge in [-0.25, -0.2) is 0 Å². The Bertz CT molecular complexity index is 542. The van der Waals surface area contributed by atoms with Crippen LogP contribution in [0.4, 0.5) is 0 Å². The second-order valence-corrected chi connectivity index (χ2v) is 6.76. The van der Waals surface area contributed by atoms with Gasteiger partial charge in [0.05, 0.1) is 21.3 Å². The Kier molecular flexibility index (Phi) is 6.32. The van der Waals surface area contributed by atoms with E-state index in [2.05, 4.69) is 24.1 Å². The predicted octanol–water partition coefficient (Wildman–Crippen LogP) is 1.68. The van der Waals surface area contributed by atoms with Gasteiger partial charge in [-0.1, -0.05) is 13.8 Å². The number of piperazine rings is 1. The Balaban J connectivity index is 2.56. The lowest BCUT2D eigenvalue weighted by Crippen LogP contribution is -2.49. The zero-order chi connectivity index (χ0) is 17.7. The van der Waals surface area contributed by atoms with E-state index in [-0.39, 0.29) is 18.1 Å². The molecular weight excluding hydrogens is 308 g/mol. The van der Waals surface area contributed by atoms with E-state index in [1.165, 1.54) is 0 Å². The molecule has 1 heterocycles. The molecule has 2 rings (SSSR count). The van der Waals surface area contributed by atoms with E-state index in [4.69, 9.17) is 14.2 Å². The van der Waals surface area contributed by atoms with E-state index in [0.717, 1.165) is 31.7 Å². The number of methoxy groups -OCH3 is 3. The number of benzene rings is 1. The number of aliphatic hydroxyl groups is 1. The van der Waals surface area contributed by atoms with Crippen LogP contribution in [0, 0.1) is 5.41 Å². The molecule has 6 heteroatoms. The van der Waals surface area contributed by atoms with Crippen molar-refractivity contribution in [3.05, 3.63) is 17.7 Å². The molecule has 0 aromatic heterocycles. The minimum atomic E-state index is -0.329. The van der Waals surface area contributed by atoms with Gasteiger partial charge in [-0.2, -0.15) is 0 Å². The minimum absolute atomic E-state index is 0.0133. The summed E-state index contributed by atoms with van der Waals surface area (Å²) in [4.78, 5) is 2.40. The first-order chi connectivity index (χ1) is 11.5. The molecule has 0 spiro atoms. The van der Waals surface area contributed by atoms with Gasteiger partial charge in [-0.15, -0.1) is 0 Å². The highest BCUT2D eigenvalue weighted by atomic mass is 16.5. The average Bonchev–Trinajstić information content (AvgIpc) is 2.61. The number of nitrogens with zero attached hydrogens (tertiary/aromatic N) is 1. The normalized spacial score (nSPS) is 17.4. The van der Waals surface area contributed by atoms with Crippen molar-refractivity contribution in [3.8, 4) is 17.2 Å². The zero-order valence-corrected chi connectivity index (χ0v) is 15.4. The highest BCUT2D eigenvalue weighted by Crippen LogP contribution is 2.48. The summed E-state index contributed by atoms with van der Waals surface area (Å²) in [5.74, 6) is 1.90. The summed E-state index contributed by atoms with van der Waals surface area (Å²) in [6.07, 6.45) is 0. The number of ether oxygens (including phenoxy) is 3. The van der Waals surface area contributed by atoms with Crippen LogP contribution in [0.3, 0.4) is 0 Å². The third-order valence-corrected chi connectivity index (χ3v) is 4.69. The topological polar surface area (TPSA) is 63.2 Å². The van der Waals surface area contributed by atoms with Gasteiger partial charge in [0, 0.05) is 49.8 Å². The van der Waals surface area contributed by atoms with Crippen molar-refractivity contribution in [2.75, 3.05) is 54.1 Å². The fraction of sp³-hybridized carbons (Fsp3) is 0.667. The summed E-state index contributed by atoms with van der Waals surface area (Å²) in [7, 11) is 4.87. The first-order valence-electron chi connectivity index (χ1n) is 8.34. The molecule has 0 amide bonds. The minimum Gasteiger partial charge on any atom is -0.493 e. The summed E-state index contributed by atoms with van der Waals surface area (Å²) >= 11 is 0. The van der Waals surface area contributed by atoms with Crippen molar-refractivity contribution < 1.29 is 19.3 Å². The van der Waals surface area contributed by atoms with E-state index in [0.29, 0.717) is 17.2 Å². The smallest absolute Gasteiger partial charge is 0.203 e. The molecule has 0 saturated carbocycles. The maximum absolute atomic E-state index is 10.0. The Morgan fingerprint density at radius 3 is 2.21 bits per heavy atom. The fourth-order valence-corrected chi connectivity index (χ4v) is 3.48. The molecule has 1 aromatic rings. The summed E-state index contributed by atoms with van der Waals surface area (Å²) < 4.78 is 16.6. The second kappa shape index (κ2) is 8.05. The maximum atomic E-state index is 10.0. The SMILES string of the molecule is COc1ccc([C@@H](N2CCNCC2)C(C)(C)CO)c(OC)c1OC. The molecule has 1 aliphatic heterocycles. The van der Waals surface area contributed by atoms with Crippen LogP contribution >= 0.6 is 0 Å². The lowest BCUT2D eigenvalue weighted by atomic mass is 9.79. The Morgan fingerprint density at radius 1 is 1.08 bits per heavy atom. The van der Waals surface area contributed by atoms with E-state index in [1.54, 1.807) is 21.3 Å². The number of nitrogens with one attached hydrogen (secondary N) is 1. The molecule has 1 aliphatic rings. The van der Waals surface area contributed by atoms with Crippen molar-refractivity contribution in [1.29, 1.82) is 0 Å². The number of aliphatic hydroxyl groups excluding tert-OH is 1. The van der Waals surface area contributed by atoms with E-state index in [1.807, 2.05) is 12.1 Å². The van der Waals surface area contributed by atoms with Crippen LogP contribution in [-0.2, 0) is 0 Å². The van der Waals surface area contributed by atoms with E-state index < -0.39 is 0 Å². The lowest BCUT2D eigenvalue weighted by molar-refractivity contribution is 0.0290. The Hall–Kier alpha value is -1.50. The summed E-state index contributed by atoms with van der Waals surface area (Å²) in [5, 5.41) is 13.4. The molecule has 1 saturated heterocycles. The van der Waals surface area contributed by atoms with Crippen LogP contribution in [0.5, 0.6) is 17.2 Å². The van der Waals surface area contributed by atoms with Gasteiger partial charge >= 0.3 is 0 Å². The molecule has 0 unspecified atom stereocenters. The monoisotopic (exact) mass is 338 g/mol. The highest BCUT2D eigenvalue weighted by Gasteiger charge is 2.38. The van der Waals surface area contributed by atoms with Crippen LogP contribution < -0.4 is 19.5 Å². The summed E-state index contributed by atoms with van der Waals surface area (Å²) in [6.45, 7) is 7.96. The molecule has 136 valence electrons. The van der Waals surface area contributed by atoms with Crippen LogP contribution in [0.25, 0.3) is 0 Å². The van der Waals surface area contributed by atoms with Gasteiger partial charge in [0.1, 0.15) is 0 Å². The zero-order valence-electron chi connectivity index (χ0n) is 15.4. The summed E-state index contributed by atoms with van der Waals surface area (Å²) in [5.41, 5.74) is 0.681. The number of rotatable bonds is 7. The predicted molar refractivity (Wildman–Crippen MR) is 94.1 cm³/mol. The first-order valence-corrected chi connectivity index (χ1v) is 8.34. The number of hydrogen-bond acceptors (Lipinski definition) is 6. The van der Waals surface area contributed by atoms with Gasteiger partial charge in [-0.05, 0) is 12.1 Å². The Morgan fingerprint density at radius 2 is 1.71 bits per heavy atom.